The maximum atomic E-state index is 9.60. The van der Waals surface area contributed by atoms with Crippen LogP contribution in [-0.2, 0) is 6.42 Å². The van der Waals surface area contributed by atoms with Crippen molar-refractivity contribution in [2.45, 2.75) is 38.3 Å². The first-order valence-electron chi connectivity index (χ1n) is 6.96. The topological polar surface area (TPSA) is 32.3 Å². The number of hydrogen-bond acceptors (Lipinski definition) is 3. The lowest BCUT2D eigenvalue weighted by Gasteiger charge is -2.27. The molecule has 0 saturated carbocycles. The Labute approximate surface area is 137 Å². The number of thiophene rings is 1. The molecule has 1 aliphatic rings. The van der Waals surface area contributed by atoms with Crippen LogP contribution in [0.25, 0.3) is 0 Å². The van der Waals surface area contributed by atoms with Crippen LogP contribution in [0.4, 0.5) is 0 Å². The van der Waals surface area contributed by atoms with E-state index in [1.54, 1.807) is 10.9 Å². The standard InChI is InChI=1S/C16H18INOS/c1-10(11-4-2-5-12(19)8-11)18-14-6-3-7-15-13(14)9-16(17)20-15/h2,4-5,8-10,14,18-19H,3,6-7H2,1H3. The second-order valence-corrected chi connectivity index (χ2v) is 8.39. The highest BCUT2D eigenvalue weighted by atomic mass is 127. The van der Waals surface area contributed by atoms with Gasteiger partial charge in [-0.05, 0) is 78.1 Å². The molecule has 2 unspecified atom stereocenters. The Kier molecular flexibility index (Phi) is 4.33. The van der Waals surface area contributed by atoms with Gasteiger partial charge in [0.05, 0.1) is 2.88 Å². The molecule has 1 heterocycles. The van der Waals surface area contributed by atoms with Crippen molar-refractivity contribution >= 4 is 33.9 Å². The number of halogens is 1. The van der Waals surface area contributed by atoms with Gasteiger partial charge in [-0.2, -0.15) is 0 Å². The first-order chi connectivity index (χ1) is 9.63. The summed E-state index contributed by atoms with van der Waals surface area (Å²) >= 11 is 4.34. The first kappa shape index (κ1) is 14.4. The summed E-state index contributed by atoms with van der Waals surface area (Å²) in [5.41, 5.74) is 2.62. The van der Waals surface area contributed by atoms with Crippen LogP contribution in [0.15, 0.2) is 30.3 Å². The summed E-state index contributed by atoms with van der Waals surface area (Å²) in [5.74, 6) is 0.338. The summed E-state index contributed by atoms with van der Waals surface area (Å²) in [4.78, 5) is 1.54. The van der Waals surface area contributed by atoms with Crippen molar-refractivity contribution in [1.82, 2.24) is 5.32 Å². The minimum absolute atomic E-state index is 0.246. The van der Waals surface area contributed by atoms with Crippen molar-refractivity contribution in [1.29, 1.82) is 0 Å². The van der Waals surface area contributed by atoms with E-state index < -0.39 is 0 Å². The van der Waals surface area contributed by atoms with Crippen LogP contribution in [0.1, 0.15) is 47.9 Å². The molecule has 2 N–H and O–H groups in total. The van der Waals surface area contributed by atoms with E-state index in [1.165, 1.54) is 27.7 Å². The van der Waals surface area contributed by atoms with Gasteiger partial charge < -0.3 is 10.4 Å². The molecule has 0 aliphatic heterocycles. The fourth-order valence-corrected chi connectivity index (χ4v) is 5.01. The molecule has 2 atom stereocenters. The molecular weight excluding hydrogens is 381 g/mol. The number of nitrogens with one attached hydrogen (secondary N) is 1. The van der Waals surface area contributed by atoms with E-state index in [4.69, 9.17) is 0 Å². The molecule has 0 fully saturated rings. The van der Waals surface area contributed by atoms with E-state index >= 15 is 0 Å². The molecule has 0 spiro atoms. The van der Waals surface area contributed by atoms with Gasteiger partial charge in [0.15, 0.2) is 0 Å². The van der Waals surface area contributed by atoms with Gasteiger partial charge in [0.1, 0.15) is 5.75 Å². The molecule has 0 radical (unpaired) electrons. The maximum absolute atomic E-state index is 9.60. The van der Waals surface area contributed by atoms with Crippen molar-refractivity contribution in [2.24, 2.45) is 0 Å². The number of fused-ring (bicyclic) bond motifs is 1. The largest absolute Gasteiger partial charge is 0.508 e. The molecule has 3 rings (SSSR count). The Hall–Kier alpha value is -0.590. The van der Waals surface area contributed by atoms with E-state index in [9.17, 15) is 5.11 Å². The van der Waals surface area contributed by atoms with Crippen LogP contribution in [0.5, 0.6) is 5.75 Å². The highest BCUT2D eigenvalue weighted by Gasteiger charge is 2.24. The van der Waals surface area contributed by atoms with Crippen LogP contribution in [0, 0.1) is 2.88 Å². The zero-order chi connectivity index (χ0) is 14.1. The zero-order valence-corrected chi connectivity index (χ0v) is 14.4. The Morgan fingerprint density at radius 3 is 3.05 bits per heavy atom. The molecule has 1 aromatic carbocycles. The summed E-state index contributed by atoms with van der Waals surface area (Å²) in [6.07, 6.45) is 3.68. The average Bonchev–Trinajstić information content (AvgIpc) is 2.80. The number of phenolic OH excluding ortho intramolecular Hbond substituents is 1. The molecule has 0 bridgehead atoms. The van der Waals surface area contributed by atoms with Gasteiger partial charge in [-0.25, -0.2) is 0 Å². The first-order valence-corrected chi connectivity index (χ1v) is 8.86. The molecule has 20 heavy (non-hydrogen) atoms. The Balaban J connectivity index is 1.78. The summed E-state index contributed by atoms with van der Waals surface area (Å²) in [6.45, 7) is 2.17. The lowest BCUT2D eigenvalue weighted by atomic mass is 9.93. The number of phenols is 1. The smallest absolute Gasteiger partial charge is 0.115 e. The minimum Gasteiger partial charge on any atom is -0.508 e. The van der Waals surface area contributed by atoms with Crippen LogP contribution in [0.3, 0.4) is 0 Å². The van der Waals surface area contributed by atoms with Crippen LogP contribution in [0.2, 0.25) is 0 Å². The Bertz CT molecular complexity index is 610. The number of aryl methyl sites for hydroxylation is 1. The van der Waals surface area contributed by atoms with Crippen LogP contribution >= 0.6 is 33.9 Å². The van der Waals surface area contributed by atoms with Gasteiger partial charge in [0.2, 0.25) is 0 Å². The van der Waals surface area contributed by atoms with Gasteiger partial charge >= 0.3 is 0 Å². The Morgan fingerprint density at radius 1 is 1.40 bits per heavy atom. The average molecular weight is 399 g/mol. The third-order valence-electron chi connectivity index (χ3n) is 3.91. The summed E-state index contributed by atoms with van der Waals surface area (Å²) < 4.78 is 1.38. The van der Waals surface area contributed by atoms with Crippen molar-refractivity contribution in [3.63, 3.8) is 0 Å². The molecule has 2 aromatic rings. The van der Waals surface area contributed by atoms with Gasteiger partial charge in [0, 0.05) is 17.0 Å². The number of benzene rings is 1. The monoisotopic (exact) mass is 399 g/mol. The van der Waals surface area contributed by atoms with E-state index in [2.05, 4.69) is 47.0 Å². The predicted molar refractivity (Wildman–Crippen MR) is 92.4 cm³/mol. The second-order valence-electron chi connectivity index (χ2n) is 5.36. The molecule has 4 heteroatoms. The number of aromatic hydroxyl groups is 1. The van der Waals surface area contributed by atoms with Crippen LogP contribution in [-0.4, -0.2) is 5.11 Å². The summed E-state index contributed by atoms with van der Waals surface area (Å²) in [6, 6.07) is 10.6. The lowest BCUT2D eigenvalue weighted by molar-refractivity contribution is 0.416. The SMILES string of the molecule is CC(NC1CCCc2sc(I)cc21)c1cccc(O)c1. The normalized spacial score (nSPS) is 19.6. The fourth-order valence-electron chi connectivity index (χ4n) is 2.89. The molecule has 2 nitrogen and oxygen atoms in total. The molecule has 0 saturated heterocycles. The van der Waals surface area contributed by atoms with E-state index in [0.29, 0.717) is 11.8 Å². The highest BCUT2D eigenvalue weighted by Crippen LogP contribution is 2.37. The molecule has 0 amide bonds. The predicted octanol–water partition coefficient (Wildman–Crippen LogP) is 4.79. The van der Waals surface area contributed by atoms with Crippen molar-refractivity contribution in [2.75, 3.05) is 0 Å². The molecule has 1 aliphatic carbocycles. The van der Waals surface area contributed by atoms with E-state index in [-0.39, 0.29) is 6.04 Å². The molecular formula is C16H18INOS. The number of hydrogen-bond donors (Lipinski definition) is 2. The Morgan fingerprint density at radius 2 is 2.25 bits per heavy atom. The fraction of sp³-hybridized carbons (Fsp3) is 0.375. The third-order valence-corrected chi connectivity index (χ3v) is 5.88. The van der Waals surface area contributed by atoms with Gasteiger partial charge in [-0.3, -0.25) is 0 Å². The third kappa shape index (κ3) is 3.02. The zero-order valence-electron chi connectivity index (χ0n) is 11.4. The summed E-state index contributed by atoms with van der Waals surface area (Å²) in [7, 11) is 0. The molecule has 1 aromatic heterocycles. The minimum atomic E-state index is 0.246. The maximum Gasteiger partial charge on any atom is 0.115 e. The van der Waals surface area contributed by atoms with Crippen LogP contribution < -0.4 is 5.32 Å². The van der Waals surface area contributed by atoms with Crippen molar-refractivity contribution in [3.05, 3.63) is 49.2 Å². The van der Waals surface area contributed by atoms with Crippen molar-refractivity contribution in [3.8, 4) is 5.75 Å². The quantitative estimate of drug-likeness (QED) is 0.728. The molecule has 106 valence electrons. The lowest BCUT2D eigenvalue weighted by Crippen LogP contribution is -2.27. The van der Waals surface area contributed by atoms with Gasteiger partial charge in [-0.15, -0.1) is 11.3 Å². The summed E-state index contributed by atoms with van der Waals surface area (Å²) in [5, 5.41) is 13.3. The highest BCUT2D eigenvalue weighted by molar-refractivity contribution is 14.1. The second kappa shape index (κ2) is 6.03. The van der Waals surface area contributed by atoms with Gasteiger partial charge in [0.25, 0.3) is 0 Å². The van der Waals surface area contributed by atoms with E-state index in [0.717, 1.165) is 5.56 Å². The van der Waals surface area contributed by atoms with Gasteiger partial charge in [-0.1, -0.05) is 12.1 Å². The van der Waals surface area contributed by atoms with Crippen molar-refractivity contribution < 1.29 is 5.11 Å². The number of rotatable bonds is 3. The van der Waals surface area contributed by atoms with E-state index in [1.807, 2.05) is 23.5 Å².